The third-order valence-electron chi connectivity index (χ3n) is 2.24. The maximum absolute atomic E-state index is 9.75. The van der Waals surface area contributed by atoms with Crippen LogP contribution in [0.2, 0.25) is 0 Å². The average Bonchev–Trinajstić information content (AvgIpc) is 2.77. The maximum atomic E-state index is 9.75. The highest BCUT2D eigenvalue weighted by atomic mass is 16.4. The van der Waals surface area contributed by atoms with E-state index in [4.69, 9.17) is 4.42 Å². The molecule has 0 saturated carbocycles. The van der Waals surface area contributed by atoms with Crippen LogP contribution in [-0.2, 0) is 0 Å². The van der Waals surface area contributed by atoms with Gasteiger partial charge in [0, 0.05) is 0 Å². The Labute approximate surface area is 71.5 Å². The van der Waals surface area contributed by atoms with Crippen LogP contribution in [0.25, 0.3) is 0 Å². The molecule has 1 N–H and O–H groups in total. The van der Waals surface area contributed by atoms with Crippen molar-refractivity contribution in [1.82, 2.24) is 0 Å². The Balaban J connectivity index is 2.14. The van der Waals surface area contributed by atoms with Gasteiger partial charge < -0.3 is 9.52 Å². The summed E-state index contributed by atoms with van der Waals surface area (Å²) in [5.74, 6) is 0.656. The highest BCUT2D eigenvalue weighted by Crippen LogP contribution is 2.30. The first-order valence-electron chi connectivity index (χ1n) is 4.28. The van der Waals surface area contributed by atoms with Crippen molar-refractivity contribution in [2.75, 3.05) is 0 Å². The number of hydrogen-bond acceptors (Lipinski definition) is 2. The molecule has 1 atom stereocenters. The lowest BCUT2D eigenvalue weighted by atomic mass is 10.1. The molecule has 12 heavy (non-hydrogen) atoms. The second kappa shape index (κ2) is 3.15. The summed E-state index contributed by atoms with van der Waals surface area (Å²) in [6.07, 6.45) is 6.44. The fourth-order valence-electron chi connectivity index (χ4n) is 1.57. The van der Waals surface area contributed by atoms with E-state index in [-0.39, 0.29) is 0 Å². The predicted molar refractivity (Wildman–Crippen MR) is 45.6 cm³/mol. The van der Waals surface area contributed by atoms with Crippen LogP contribution in [0, 0.1) is 0 Å². The van der Waals surface area contributed by atoms with Crippen LogP contribution in [0.3, 0.4) is 0 Å². The van der Waals surface area contributed by atoms with Crippen molar-refractivity contribution in [2.45, 2.75) is 25.4 Å². The molecule has 1 unspecified atom stereocenters. The van der Waals surface area contributed by atoms with Crippen molar-refractivity contribution in [3.63, 3.8) is 0 Å². The number of rotatable bonds is 2. The lowest BCUT2D eigenvalue weighted by Gasteiger charge is -2.07. The van der Waals surface area contributed by atoms with E-state index in [1.54, 1.807) is 12.3 Å². The van der Waals surface area contributed by atoms with Gasteiger partial charge in [-0.15, -0.1) is 0 Å². The second-order valence-corrected chi connectivity index (χ2v) is 3.09. The van der Waals surface area contributed by atoms with Crippen LogP contribution in [0.5, 0.6) is 0 Å². The van der Waals surface area contributed by atoms with E-state index in [0.29, 0.717) is 5.76 Å². The van der Waals surface area contributed by atoms with E-state index in [0.717, 1.165) is 24.8 Å². The first-order valence-corrected chi connectivity index (χ1v) is 4.28. The van der Waals surface area contributed by atoms with E-state index in [1.807, 2.05) is 6.07 Å². The molecule has 64 valence electrons. The van der Waals surface area contributed by atoms with Crippen molar-refractivity contribution >= 4 is 0 Å². The van der Waals surface area contributed by atoms with Gasteiger partial charge in [-0.05, 0) is 37.0 Å². The zero-order valence-electron chi connectivity index (χ0n) is 6.86. The molecule has 0 aromatic carbocycles. The van der Waals surface area contributed by atoms with Gasteiger partial charge in [-0.3, -0.25) is 0 Å². The van der Waals surface area contributed by atoms with Crippen molar-refractivity contribution in [3.05, 3.63) is 35.8 Å². The molecule has 0 radical (unpaired) electrons. The summed E-state index contributed by atoms with van der Waals surface area (Å²) in [7, 11) is 0. The Hall–Kier alpha value is -1.02. The van der Waals surface area contributed by atoms with Gasteiger partial charge in [0.2, 0.25) is 0 Å². The van der Waals surface area contributed by atoms with Crippen molar-refractivity contribution in [3.8, 4) is 0 Å². The predicted octanol–water partition coefficient (Wildman–Crippen LogP) is 2.42. The Morgan fingerprint density at radius 2 is 2.42 bits per heavy atom. The van der Waals surface area contributed by atoms with Crippen LogP contribution in [0.4, 0.5) is 0 Å². The summed E-state index contributed by atoms with van der Waals surface area (Å²) in [5.41, 5.74) is 1.10. The van der Waals surface area contributed by atoms with E-state index in [1.165, 1.54) is 0 Å². The van der Waals surface area contributed by atoms with E-state index >= 15 is 0 Å². The molecule has 2 nitrogen and oxygen atoms in total. The van der Waals surface area contributed by atoms with Gasteiger partial charge >= 0.3 is 0 Å². The van der Waals surface area contributed by atoms with E-state index in [2.05, 4.69) is 6.08 Å². The minimum absolute atomic E-state index is 0.512. The minimum Gasteiger partial charge on any atom is -0.466 e. The smallest absolute Gasteiger partial charge is 0.136 e. The highest BCUT2D eigenvalue weighted by Gasteiger charge is 2.17. The normalized spacial score (nSPS) is 19.2. The first kappa shape index (κ1) is 7.62. The van der Waals surface area contributed by atoms with Gasteiger partial charge in [0.25, 0.3) is 0 Å². The molecule has 2 heteroatoms. The second-order valence-electron chi connectivity index (χ2n) is 3.09. The van der Waals surface area contributed by atoms with Crippen LogP contribution in [0.15, 0.2) is 34.5 Å². The fourth-order valence-corrected chi connectivity index (χ4v) is 1.57. The third-order valence-corrected chi connectivity index (χ3v) is 2.24. The highest BCUT2D eigenvalue weighted by molar-refractivity contribution is 5.20. The fraction of sp³-hybridized carbons (Fsp3) is 0.400. The Morgan fingerprint density at radius 1 is 1.50 bits per heavy atom. The lowest BCUT2D eigenvalue weighted by molar-refractivity contribution is 0.182. The number of hydrogen-bond donors (Lipinski definition) is 1. The Bertz CT molecular complexity index is 272. The molecule has 0 fully saturated rings. The average molecular weight is 164 g/mol. The lowest BCUT2D eigenvalue weighted by Crippen LogP contribution is -1.97. The van der Waals surface area contributed by atoms with Crippen molar-refractivity contribution in [1.29, 1.82) is 0 Å². The van der Waals surface area contributed by atoms with Gasteiger partial charge in [0.05, 0.1) is 6.26 Å². The number of aliphatic hydroxyl groups is 1. The Kier molecular flexibility index (Phi) is 2.00. The molecule has 0 amide bonds. The zero-order chi connectivity index (χ0) is 8.39. The molecule has 1 aromatic rings. The largest absolute Gasteiger partial charge is 0.466 e. The maximum Gasteiger partial charge on any atom is 0.136 e. The summed E-state index contributed by atoms with van der Waals surface area (Å²) < 4.78 is 5.12. The van der Waals surface area contributed by atoms with Crippen LogP contribution in [-0.4, -0.2) is 5.11 Å². The molecule has 1 aromatic heterocycles. The van der Waals surface area contributed by atoms with Crippen LogP contribution in [0.1, 0.15) is 31.1 Å². The molecule has 0 bridgehead atoms. The quantitative estimate of drug-likeness (QED) is 0.681. The summed E-state index contributed by atoms with van der Waals surface area (Å²) in [5, 5.41) is 9.75. The van der Waals surface area contributed by atoms with E-state index in [9.17, 15) is 5.11 Å². The third kappa shape index (κ3) is 1.30. The van der Waals surface area contributed by atoms with Crippen molar-refractivity contribution in [2.24, 2.45) is 0 Å². The van der Waals surface area contributed by atoms with E-state index < -0.39 is 6.10 Å². The van der Waals surface area contributed by atoms with Gasteiger partial charge in [-0.1, -0.05) is 6.08 Å². The first-order chi connectivity index (χ1) is 5.88. The topological polar surface area (TPSA) is 33.4 Å². The van der Waals surface area contributed by atoms with Crippen LogP contribution >= 0.6 is 0 Å². The molecule has 0 aliphatic heterocycles. The molecule has 2 rings (SSSR count). The minimum atomic E-state index is -0.512. The molecular formula is C10H12O2. The summed E-state index contributed by atoms with van der Waals surface area (Å²) >= 11 is 0. The van der Waals surface area contributed by atoms with Gasteiger partial charge in [-0.2, -0.15) is 0 Å². The molecular weight excluding hydrogens is 152 g/mol. The molecule has 1 heterocycles. The summed E-state index contributed by atoms with van der Waals surface area (Å²) in [4.78, 5) is 0. The zero-order valence-corrected chi connectivity index (χ0v) is 6.86. The summed E-state index contributed by atoms with van der Waals surface area (Å²) in [6, 6.07) is 3.61. The number of furan rings is 1. The monoisotopic (exact) mass is 164 g/mol. The SMILES string of the molecule is OC(C1=CCCC1)c1ccco1. The molecule has 0 saturated heterocycles. The molecule has 1 aliphatic rings. The standard InChI is InChI=1S/C10H12O2/c11-10(8-4-1-2-5-8)9-6-3-7-12-9/h3-4,6-7,10-11H,1-2,5H2. The number of allylic oxidation sites excluding steroid dienone is 1. The van der Waals surface area contributed by atoms with Crippen LogP contribution < -0.4 is 0 Å². The molecule has 1 aliphatic carbocycles. The van der Waals surface area contributed by atoms with Crippen molar-refractivity contribution < 1.29 is 9.52 Å². The van der Waals surface area contributed by atoms with Gasteiger partial charge in [-0.25, -0.2) is 0 Å². The summed E-state index contributed by atoms with van der Waals surface area (Å²) in [6.45, 7) is 0. The van der Waals surface area contributed by atoms with Gasteiger partial charge in [0.1, 0.15) is 11.9 Å². The number of aliphatic hydroxyl groups excluding tert-OH is 1. The Morgan fingerprint density at radius 3 is 3.00 bits per heavy atom. The molecule has 0 spiro atoms. The van der Waals surface area contributed by atoms with Gasteiger partial charge in [0.15, 0.2) is 0 Å².